The van der Waals surface area contributed by atoms with Gasteiger partial charge in [-0.1, -0.05) is 18.2 Å². The van der Waals surface area contributed by atoms with Gasteiger partial charge in [0.05, 0.1) is 12.2 Å². The molecule has 0 atom stereocenters. The Balaban J connectivity index is 1.51. The summed E-state index contributed by atoms with van der Waals surface area (Å²) in [6, 6.07) is 13.9. The van der Waals surface area contributed by atoms with Crippen LogP contribution in [0.5, 0.6) is 5.75 Å². The quantitative estimate of drug-likeness (QED) is 0.623. The van der Waals surface area contributed by atoms with Crippen molar-refractivity contribution in [2.45, 2.75) is 13.3 Å². The molecular weight excluding hydrogens is 359 g/mol. The number of benzene rings is 2. The summed E-state index contributed by atoms with van der Waals surface area (Å²) in [6.45, 7) is 2.86. The number of rotatable bonds is 8. The van der Waals surface area contributed by atoms with Crippen LogP contribution in [0.4, 0.5) is 16.0 Å². The topological polar surface area (TPSA) is 76.1 Å². The fourth-order valence-electron chi connectivity index (χ4n) is 2.55. The highest BCUT2D eigenvalue weighted by molar-refractivity contribution is 5.93. The molecule has 0 unspecified atom stereocenters. The number of carbonyl (C=O) groups is 1. The van der Waals surface area contributed by atoms with Crippen LogP contribution in [0.25, 0.3) is 0 Å². The minimum Gasteiger partial charge on any atom is -0.494 e. The third-order valence-electron chi connectivity index (χ3n) is 3.97. The Bertz CT molecular complexity index is 914. The van der Waals surface area contributed by atoms with E-state index in [2.05, 4.69) is 20.6 Å². The highest BCUT2D eigenvalue weighted by Gasteiger charge is 2.08. The number of hydrogen-bond donors (Lipinski definition) is 2. The molecule has 0 radical (unpaired) electrons. The van der Waals surface area contributed by atoms with Gasteiger partial charge in [-0.05, 0) is 49.2 Å². The monoisotopic (exact) mass is 380 g/mol. The highest BCUT2D eigenvalue weighted by atomic mass is 19.1. The van der Waals surface area contributed by atoms with Crippen molar-refractivity contribution in [1.82, 2.24) is 15.3 Å². The van der Waals surface area contributed by atoms with Crippen LogP contribution in [0.1, 0.15) is 22.8 Å². The Morgan fingerprint density at radius 2 is 1.79 bits per heavy atom. The number of hydrogen-bond acceptors (Lipinski definition) is 5. The Morgan fingerprint density at radius 1 is 1.07 bits per heavy atom. The Kier molecular flexibility index (Phi) is 6.51. The molecule has 28 heavy (non-hydrogen) atoms. The molecule has 6 nitrogen and oxygen atoms in total. The third-order valence-corrected chi connectivity index (χ3v) is 3.97. The van der Waals surface area contributed by atoms with E-state index < -0.39 is 0 Å². The lowest BCUT2D eigenvalue weighted by molar-refractivity contribution is 0.0953. The van der Waals surface area contributed by atoms with E-state index in [1.165, 1.54) is 18.5 Å². The number of nitrogens with zero attached hydrogens (tertiary/aromatic N) is 2. The van der Waals surface area contributed by atoms with Crippen molar-refractivity contribution in [3.05, 3.63) is 77.9 Å². The molecular formula is C21H21FN4O2. The van der Waals surface area contributed by atoms with Crippen LogP contribution in [-0.2, 0) is 6.42 Å². The molecule has 2 aromatic carbocycles. The minimum atomic E-state index is -0.302. The zero-order valence-corrected chi connectivity index (χ0v) is 15.5. The van der Waals surface area contributed by atoms with Crippen molar-refractivity contribution in [3.8, 4) is 5.75 Å². The largest absolute Gasteiger partial charge is 0.494 e. The summed E-state index contributed by atoms with van der Waals surface area (Å²) in [5.74, 6) is 0.595. The molecule has 0 aliphatic heterocycles. The first-order chi connectivity index (χ1) is 13.7. The first kappa shape index (κ1) is 19.3. The zero-order valence-electron chi connectivity index (χ0n) is 15.5. The number of halogens is 1. The van der Waals surface area contributed by atoms with Crippen molar-refractivity contribution in [2.75, 3.05) is 18.5 Å². The van der Waals surface area contributed by atoms with Crippen LogP contribution < -0.4 is 15.4 Å². The standard InChI is InChI=1S/C21H21FN4O2/c1-2-28-18-9-7-17(8-10-18)26-21-24-13-16(14-25-21)20(27)23-12-11-15-5-3-4-6-19(15)22/h3-10,13-14H,2,11-12H2,1H3,(H,23,27)(H,24,25,26). The molecule has 2 N–H and O–H groups in total. The Labute approximate surface area is 162 Å². The van der Waals surface area contributed by atoms with E-state index in [1.54, 1.807) is 18.2 Å². The van der Waals surface area contributed by atoms with Crippen molar-refractivity contribution >= 4 is 17.5 Å². The lowest BCUT2D eigenvalue weighted by Gasteiger charge is -2.08. The molecule has 1 amide bonds. The van der Waals surface area contributed by atoms with Crippen molar-refractivity contribution in [2.24, 2.45) is 0 Å². The van der Waals surface area contributed by atoms with Gasteiger partial charge in [-0.15, -0.1) is 0 Å². The van der Waals surface area contributed by atoms with E-state index in [4.69, 9.17) is 4.74 Å². The number of anilines is 2. The van der Waals surface area contributed by atoms with E-state index in [1.807, 2.05) is 31.2 Å². The summed E-state index contributed by atoms with van der Waals surface area (Å²) in [4.78, 5) is 20.5. The number of aromatic nitrogens is 2. The maximum absolute atomic E-state index is 13.6. The maximum Gasteiger partial charge on any atom is 0.254 e. The second-order valence-corrected chi connectivity index (χ2v) is 5.98. The summed E-state index contributed by atoms with van der Waals surface area (Å²) in [5, 5.41) is 5.80. The smallest absolute Gasteiger partial charge is 0.254 e. The molecule has 7 heteroatoms. The minimum absolute atomic E-state index is 0.273. The molecule has 0 bridgehead atoms. The first-order valence-corrected chi connectivity index (χ1v) is 8.99. The van der Waals surface area contributed by atoms with Crippen LogP contribution in [0, 0.1) is 5.82 Å². The SMILES string of the molecule is CCOc1ccc(Nc2ncc(C(=O)NCCc3ccccc3F)cn2)cc1. The summed E-state index contributed by atoms with van der Waals surface area (Å²) >= 11 is 0. The number of ether oxygens (including phenoxy) is 1. The van der Waals surface area contributed by atoms with E-state index in [-0.39, 0.29) is 11.7 Å². The Morgan fingerprint density at radius 3 is 2.46 bits per heavy atom. The number of carbonyl (C=O) groups excluding carboxylic acids is 1. The van der Waals surface area contributed by atoms with Gasteiger partial charge in [0.25, 0.3) is 5.91 Å². The second-order valence-electron chi connectivity index (χ2n) is 5.98. The van der Waals surface area contributed by atoms with Gasteiger partial charge in [0.15, 0.2) is 0 Å². The molecule has 144 valence electrons. The van der Waals surface area contributed by atoms with Gasteiger partial charge >= 0.3 is 0 Å². The van der Waals surface area contributed by atoms with E-state index >= 15 is 0 Å². The molecule has 0 spiro atoms. The molecule has 1 aromatic heterocycles. The van der Waals surface area contributed by atoms with Crippen LogP contribution in [-0.4, -0.2) is 29.0 Å². The number of amides is 1. The van der Waals surface area contributed by atoms with Gasteiger partial charge in [-0.2, -0.15) is 0 Å². The van der Waals surface area contributed by atoms with Crippen LogP contribution in [0.2, 0.25) is 0 Å². The van der Waals surface area contributed by atoms with E-state index in [9.17, 15) is 9.18 Å². The van der Waals surface area contributed by atoms with Gasteiger partial charge in [0.1, 0.15) is 11.6 Å². The zero-order chi connectivity index (χ0) is 19.8. The summed E-state index contributed by atoms with van der Waals surface area (Å²) in [5.41, 5.74) is 1.71. The summed E-state index contributed by atoms with van der Waals surface area (Å²) in [6.07, 6.45) is 3.31. The van der Waals surface area contributed by atoms with Crippen LogP contribution >= 0.6 is 0 Å². The second kappa shape index (κ2) is 9.45. The lowest BCUT2D eigenvalue weighted by atomic mass is 10.1. The average molecular weight is 380 g/mol. The van der Waals surface area contributed by atoms with Gasteiger partial charge in [-0.3, -0.25) is 4.79 Å². The Hall–Kier alpha value is -3.48. The van der Waals surface area contributed by atoms with Crippen molar-refractivity contribution in [1.29, 1.82) is 0 Å². The van der Waals surface area contributed by atoms with Gasteiger partial charge in [0, 0.05) is 24.6 Å². The molecule has 1 heterocycles. The molecule has 0 saturated carbocycles. The predicted octanol–water partition coefficient (Wildman–Crippen LogP) is 3.73. The van der Waals surface area contributed by atoms with Crippen molar-refractivity contribution < 1.29 is 13.9 Å². The molecule has 0 fully saturated rings. The van der Waals surface area contributed by atoms with Crippen molar-refractivity contribution in [3.63, 3.8) is 0 Å². The molecule has 0 saturated heterocycles. The van der Waals surface area contributed by atoms with Crippen LogP contribution in [0.3, 0.4) is 0 Å². The predicted molar refractivity (Wildman–Crippen MR) is 105 cm³/mol. The van der Waals surface area contributed by atoms with Gasteiger partial charge < -0.3 is 15.4 Å². The number of nitrogens with one attached hydrogen (secondary N) is 2. The van der Waals surface area contributed by atoms with Gasteiger partial charge in [0.2, 0.25) is 5.95 Å². The fourth-order valence-corrected chi connectivity index (χ4v) is 2.55. The normalized spacial score (nSPS) is 10.4. The van der Waals surface area contributed by atoms with Gasteiger partial charge in [-0.25, -0.2) is 14.4 Å². The highest BCUT2D eigenvalue weighted by Crippen LogP contribution is 2.18. The molecule has 0 aliphatic rings. The average Bonchev–Trinajstić information content (AvgIpc) is 2.71. The van der Waals surface area contributed by atoms with E-state index in [0.717, 1.165) is 11.4 Å². The summed E-state index contributed by atoms with van der Waals surface area (Å²) in [7, 11) is 0. The van der Waals surface area contributed by atoms with Crippen LogP contribution in [0.15, 0.2) is 60.9 Å². The van der Waals surface area contributed by atoms with E-state index in [0.29, 0.717) is 36.6 Å². The third kappa shape index (κ3) is 5.26. The lowest BCUT2D eigenvalue weighted by Crippen LogP contribution is -2.26. The maximum atomic E-state index is 13.6. The molecule has 0 aliphatic carbocycles. The molecule has 3 rings (SSSR count). The molecule has 3 aromatic rings. The summed E-state index contributed by atoms with van der Waals surface area (Å²) < 4.78 is 19.0. The fraction of sp³-hybridized carbons (Fsp3) is 0.190. The first-order valence-electron chi connectivity index (χ1n) is 8.99.